The van der Waals surface area contributed by atoms with Gasteiger partial charge in [0.05, 0.1) is 23.9 Å². The third kappa shape index (κ3) is 3.71. The molecule has 0 amide bonds. The number of imidazole rings is 1. The van der Waals surface area contributed by atoms with Gasteiger partial charge in [-0.25, -0.2) is 4.98 Å². The summed E-state index contributed by atoms with van der Waals surface area (Å²) in [5.74, 6) is 1.54. The third-order valence-electron chi connectivity index (χ3n) is 4.20. The number of hydrogen-bond acceptors (Lipinski definition) is 4. The minimum Gasteiger partial charge on any atom is -0.496 e. The molecule has 1 heterocycles. The van der Waals surface area contributed by atoms with Gasteiger partial charge in [-0.3, -0.25) is 4.79 Å². The molecule has 2 aromatic carbocycles. The molecule has 0 aliphatic carbocycles. The van der Waals surface area contributed by atoms with Crippen LogP contribution in [-0.4, -0.2) is 28.6 Å². The highest BCUT2D eigenvalue weighted by Gasteiger charge is 2.17. The van der Waals surface area contributed by atoms with E-state index in [0.717, 1.165) is 38.6 Å². The summed E-state index contributed by atoms with van der Waals surface area (Å²) >= 11 is 1.44. The first kappa shape index (κ1) is 17.5. The van der Waals surface area contributed by atoms with Gasteiger partial charge in [0.2, 0.25) is 0 Å². The van der Waals surface area contributed by atoms with Crippen molar-refractivity contribution in [3.8, 4) is 5.75 Å². The lowest BCUT2D eigenvalue weighted by Crippen LogP contribution is -2.09. The maximum Gasteiger partial charge on any atom is 0.173 e. The number of H-pyrrole nitrogens is 1. The van der Waals surface area contributed by atoms with Crippen LogP contribution in [0.4, 0.5) is 0 Å². The summed E-state index contributed by atoms with van der Waals surface area (Å²) in [5.41, 5.74) is 4.68. The Labute approximate surface area is 152 Å². The van der Waals surface area contributed by atoms with Crippen molar-refractivity contribution in [2.75, 3.05) is 12.9 Å². The molecule has 0 saturated heterocycles. The fourth-order valence-corrected chi connectivity index (χ4v) is 3.62. The molecule has 25 heavy (non-hydrogen) atoms. The Hall–Kier alpha value is -2.27. The van der Waals surface area contributed by atoms with Gasteiger partial charge in [-0.05, 0) is 48.2 Å². The monoisotopic (exact) mass is 354 g/mol. The van der Waals surface area contributed by atoms with Crippen molar-refractivity contribution in [2.45, 2.75) is 31.8 Å². The van der Waals surface area contributed by atoms with Crippen LogP contribution in [0, 0.1) is 6.92 Å². The Morgan fingerprint density at radius 3 is 2.72 bits per heavy atom. The predicted molar refractivity (Wildman–Crippen MR) is 103 cm³/mol. The largest absolute Gasteiger partial charge is 0.496 e. The van der Waals surface area contributed by atoms with Crippen molar-refractivity contribution in [1.29, 1.82) is 0 Å². The van der Waals surface area contributed by atoms with E-state index in [1.54, 1.807) is 7.11 Å². The van der Waals surface area contributed by atoms with Gasteiger partial charge in [0.1, 0.15) is 5.75 Å². The number of aryl methyl sites for hydroxylation is 1. The van der Waals surface area contributed by atoms with Crippen molar-refractivity contribution < 1.29 is 9.53 Å². The average Bonchev–Trinajstić information content (AvgIpc) is 3.02. The zero-order valence-electron chi connectivity index (χ0n) is 14.9. The van der Waals surface area contributed by atoms with Crippen LogP contribution in [0.5, 0.6) is 5.75 Å². The summed E-state index contributed by atoms with van der Waals surface area (Å²) in [6.45, 7) is 6.15. The summed E-state index contributed by atoms with van der Waals surface area (Å²) in [7, 11) is 1.66. The second-order valence-electron chi connectivity index (χ2n) is 6.33. The van der Waals surface area contributed by atoms with Crippen LogP contribution in [0.3, 0.4) is 0 Å². The van der Waals surface area contributed by atoms with E-state index in [-0.39, 0.29) is 11.7 Å². The van der Waals surface area contributed by atoms with E-state index in [0.29, 0.717) is 5.75 Å². The lowest BCUT2D eigenvalue weighted by Gasteiger charge is -2.15. The highest BCUT2D eigenvalue weighted by molar-refractivity contribution is 7.99. The molecule has 1 aromatic heterocycles. The van der Waals surface area contributed by atoms with Gasteiger partial charge in [0.25, 0.3) is 0 Å². The van der Waals surface area contributed by atoms with Gasteiger partial charge >= 0.3 is 0 Å². The molecular weight excluding hydrogens is 332 g/mol. The first-order chi connectivity index (χ1) is 12.0. The number of Topliss-reactive ketones (excluding diaryl/α,β-unsaturated/α-hetero) is 1. The number of hydrogen-bond donors (Lipinski definition) is 1. The normalized spacial score (nSPS) is 11.2. The number of nitrogens with one attached hydrogen (secondary N) is 1. The first-order valence-corrected chi connectivity index (χ1v) is 9.27. The topological polar surface area (TPSA) is 55.0 Å². The van der Waals surface area contributed by atoms with Gasteiger partial charge in [0.15, 0.2) is 10.9 Å². The van der Waals surface area contributed by atoms with Crippen LogP contribution >= 0.6 is 11.8 Å². The molecule has 0 spiro atoms. The van der Waals surface area contributed by atoms with Gasteiger partial charge < -0.3 is 9.72 Å². The zero-order chi connectivity index (χ0) is 18.0. The zero-order valence-corrected chi connectivity index (χ0v) is 15.7. The molecule has 3 rings (SSSR count). The Morgan fingerprint density at radius 2 is 2.04 bits per heavy atom. The number of rotatable bonds is 6. The van der Waals surface area contributed by atoms with Crippen LogP contribution in [0.2, 0.25) is 0 Å². The van der Waals surface area contributed by atoms with Crippen molar-refractivity contribution >= 4 is 28.6 Å². The van der Waals surface area contributed by atoms with E-state index < -0.39 is 0 Å². The van der Waals surface area contributed by atoms with Crippen LogP contribution in [0.1, 0.15) is 41.3 Å². The lowest BCUT2D eigenvalue weighted by atomic mass is 9.93. The van der Waals surface area contributed by atoms with E-state index in [1.165, 1.54) is 11.8 Å². The highest BCUT2D eigenvalue weighted by atomic mass is 32.2. The van der Waals surface area contributed by atoms with Crippen molar-refractivity contribution in [3.63, 3.8) is 0 Å². The Kier molecular flexibility index (Phi) is 5.13. The molecule has 0 fully saturated rings. The summed E-state index contributed by atoms with van der Waals surface area (Å²) < 4.78 is 5.40. The average molecular weight is 354 g/mol. The number of aromatic amines is 1. The number of carbonyl (C=O) groups excluding carboxylic acids is 1. The number of fused-ring (bicyclic) bond motifs is 1. The summed E-state index contributed by atoms with van der Waals surface area (Å²) in [5, 5.41) is 0.769. The van der Waals surface area contributed by atoms with Gasteiger partial charge in [-0.1, -0.05) is 37.7 Å². The Balaban J connectivity index is 1.81. The molecule has 130 valence electrons. The number of ether oxygens (including phenoxy) is 1. The van der Waals surface area contributed by atoms with Crippen molar-refractivity contribution in [3.05, 3.63) is 53.1 Å². The molecule has 0 atom stereocenters. The summed E-state index contributed by atoms with van der Waals surface area (Å²) in [4.78, 5) is 20.6. The SMILES string of the molecule is COc1cc(C(C)C)c(C(=O)CSc2nc3ccccc3[nH]2)cc1C. The molecule has 4 nitrogen and oxygen atoms in total. The number of benzene rings is 2. The lowest BCUT2D eigenvalue weighted by molar-refractivity contribution is 0.102. The standard InChI is InChI=1S/C20H22N2O2S/c1-12(2)14-10-19(24-4)13(3)9-15(14)18(23)11-25-20-21-16-7-5-6-8-17(16)22-20/h5-10,12H,11H2,1-4H3,(H,21,22). The number of aromatic nitrogens is 2. The summed E-state index contributed by atoms with van der Waals surface area (Å²) in [6, 6.07) is 11.8. The number of para-hydroxylation sites is 2. The molecule has 0 bridgehead atoms. The number of ketones is 1. The smallest absolute Gasteiger partial charge is 0.173 e. The molecule has 0 aliphatic heterocycles. The maximum absolute atomic E-state index is 12.8. The molecule has 1 N–H and O–H groups in total. The molecule has 5 heteroatoms. The van der Waals surface area contributed by atoms with E-state index in [4.69, 9.17) is 4.74 Å². The molecule has 0 radical (unpaired) electrons. The molecule has 0 aliphatic rings. The number of thioether (sulfide) groups is 1. The van der Waals surface area contributed by atoms with Crippen LogP contribution in [0.25, 0.3) is 11.0 Å². The minimum atomic E-state index is 0.111. The van der Waals surface area contributed by atoms with Crippen LogP contribution < -0.4 is 4.74 Å². The van der Waals surface area contributed by atoms with Crippen LogP contribution in [-0.2, 0) is 0 Å². The van der Waals surface area contributed by atoms with E-state index in [9.17, 15) is 4.79 Å². The minimum absolute atomic E-state index is 0.111. The number of methoxy groups -OCH3 is 1. The van der Waals surface area contributed by atoms with Crippen molar-refractivity contribution in [1.82, 2.24) is 9.97 Å². The second kappa shape index (κ2) is 7.31. The van der Waals surface area contributed by atoms with Gasteiger partial charge in [0, 0.05) is 5.56 Å². The van der Waals surface area contributed by atoms with Gasteiger partial charge in [-0.15, -0.1) is 0 Å². The Morgan fingerprint density at radius 1 is 1.28 bits per heavy atom. The molecule has 3 aromatic rings. The molecule has 0 unspecified atom stereocenters. The number of nitrogens with zero attached hydrogens (tertiary/aromatic N) is 1. The maximum atomic E-state index is 12.8. The predicted octanol–water partition coefficient (Wildman–Crippen LogP) is 4.98. The molecule has 0 saturated carbocycles. The van der Waals surface area contributed by atoms with Crippen molar-refractivity contribution in [2.24, 2.45) is 0 Å². The highest BCUT2D eigenvalue weighted by Crippen LogP contribution is 2.30. The van der Waals surface area contributed by atoms with Gasteiger partial charge in [-0.2, -0.15) is 0 Å². The third-order valence-corrected chi connectivity index (χ3v) is 5.07. The van der Waals surface area contributed by atoms with E-state index in [2.05, 4.69) is 23.8 Å². The second-order valence-corrected chi connectivity index (χ2v) is 7.30. The Bertz CT molecular complexity index is 882. The van der Waals surface area contributed by atoms with E-state index >= 15 is 0 Å². The fraction of sp³-hybridized carbons (Fsp3) is 0.300. The quantitative estimate of drug-likeness (QED) is 0.501. The summed E-state index contributed by atoms with van der Waals surface area (Å²) in [6.07, 6.45) is 0. The number of carbonyl (C=O) groups is 1. The molecular formula is C20H22N2O2S. The fourth-order valence-electron chi connectivity index (χ4n) is 2.85. The van der Waals surface area contributed by atoms with E-state index in [1.807, 2.05) is 43.3 Å². The van der Waals surface area contributed by atoms with Crippen LogP contribution in [0.15, 0.2) is 41.6 Å². The first-order valence-electron chi connectivity index (χ1n) is 8.29.